The number of hydrogen-bond donors (Lipinski definition) is 1. The molecule has 1 fully saturated rings. The molecular formula is C17H13N3OS. The predicted octanol–water partition coefficient (Wildman–Crippen LogP) is 3.18. The molecule has 0 bridgehead atoms. The number of fused-ring (bicyclic) bond motifs is 1. The van der Waals surface area contributed by atoms with E-state index >= 15 is 0 Å². The van der Waals surface area contributed by atoms with Crippen LogP contribution in [0.5, 0.6) is 0 Å². The van der Waals surface area contributed by atoms with Crippen LogP contribution in [0, 0.1) is 0 Å². The molecule has 1 N–H and O–H groups in total. The molecule has 4 rings (SSSR count). The minimum Gasteiger partial charge on any atom is -0.295 e. The number of carbonyl (C=O) groups excluding carboxylic acids is 1. The lowest BCUT2D eigenvalue weighted by Crippen LogP contribution is -2.41. The van der Waals surface area contributed by atoms with Crippen molar-refractivity contribution in [1.82, 2.24) is 10.4 Å². The Labute approximate surface area is 132 Å². The van der Waals surface area contributed by atoms with Gasteiger partial charge in [-0.1, -0.05) is 72.4 Å². The van der Waals surface area contributed by atoms with Crippen molar-refractivity contribution >= 4 is 28.5 Å². The van der Waals surface area contributed by atoms with Gasteiger partial charge in [0.05, 0.1) is 5.70 Å². The van der Waals surface area contributed by atoms with Crippen LogP contribution in [0.25, 0.3) is 5.70 Å². The predicted molar refractivity (Wildman–Crippen MR) is 88.6 cm³/mol. The first kappa shape index (κ1) is 13.2. The van der Waals surface area contributed by atoms with Crippen molar-refractivity contribution in [2.24, 2.45) is 4.99 Å². The van der Waals surface area contributed by atoms with Crippen molar-refractivity contribution in [3.8, 4) is 0 Å². The quantitative estimate of drug-likeness (QED) is 0.927. The van der Waals surface area contributed by atoms with E-state index in [1.807, 2.05) is 60.7 Å². The smallest absolute Gasteiger partial charge is 0.265 e. The molecule has 5 heteroatoms. The summed E-state index contributed by atoms with van der Waals surface area (Å²) < 4.78 is 0. The molecule has 1 unspecified atom stereocenters. The Bertz CT molecular complexity index is 771. The van der Waals surface area contributed by atoms with E-state index in [-0.39, 0.29) is 11.2 Å². The summed E-state index contributed by atoms with van der Waals surface area (Å²) in [4.78, 5) is 17.1. The number of benzene rings is 2. The number of hydrazine groups is 1. The van der Waals surface area contributed by atoms with E-state index in [0.717, 1.165) is 16.8 Å². The average Bonchev–Trinajstić information content (AvgIpc) is 2.93. The second-order valence-corrected chi connectivity index (χ2v) is 6.07. The Hall–Kier alpha value is -2.53. The summed E-state index contributed by atoms with van der Waals surface area (Å²) in [6.07, 6.45) is 1.77. The fourth-order valence-corrected chi connectivity index (χ4v) is 3.58. The van der Waals surface area contributed by atoms with Gasteiger partial charge in [-0.15, -0.1) is 0 Å². The lowest BCUT2D eigenvalue weighted by atomic mass is 10.1. The van der Waals surface area contributed by atoms with Crippen molar-refractivity contribution in [3.05, 3.63) is 78.0 Å². The molecule has 1 amide bonds. The van der Waals surface area contributed by atoms with E-state index in [1.54, 1.807) is 6.20 Å². The fraction of sp³-hybridized carbons (Fsp3) is 0.0588. The summed E-state index contributed by atoms with van der Waals surface area (Å²) in [6.45, 7) is 0. The zero-order valence-corrected chi connectivity index (χ0v) is 12.5. The second-order valence-electron chi connectivity index (χ2n) is 5.00. The van der Waals surface area contributed by atoms with Gasteiger partial charge in [-0.05, 0) is 5.56 Å². The molecule has 2 aromatic rings. The molecule has 4 nitrogen and oxygen atoms in total. The first-order chi connectivity index (χ1) is 10.8. The third-order valence-corrected chi connectivity index (χ3v) is 4.77. The second kappa shape index (κ2) is 5.35. The summed E-state index contributed by atoms with van der Waals surface area (Å²) in [6, 6.07) is 19.7. The van der Waals surface area contributed by atoms with Gasteiger partial charge in [0.15, 0.2) is 5.17 Å². The van der Waals surface area contributed by atoms with Crippen LogP contribution in [-0.2, 0) is 4.79 Å². The van der Waals surface area contributed by atoms with Gasteiger partial charge in [-0.2, -0.15) is 5.01 Å². The summed E-state index contributed by atoms with van der Waals surface area (Å²) in [5.41, 5.74) is 5.91. The molecule has 1 atom stereocenters. The SMILES string of the molecule is O=C1C(c2ccccc2)SC2=NC(c3ccccc3)=CNN12. The molecule has 2 aliphatic rings. The van der Waals surface area contributed by atoms with Crippen LogP contribution < -0.4 is 5.43 Å². The molecule has 22 heavy (non-hydrogen) atoms. The number of amidine groups is 1. The van der Waals surface area contributed by atoms with Crippen molar-refractivity contribution in [2.75, 3.05) is 0 Å². The van der Waals surface area contributed by atoms with Crippen LogP contribution >= 0.6 is 11.8 Å². The monoisotopic (exact) mass is 307 g/mol. The topological polar surface area (TPSA) is 44.7 Å². The Morgan fingerprint density at radius 1 is 1.00 bits per heavy atom. The van der Waals surface area contributed by atoms with Gasteiger partial charge >= 0.3 is 0 Å². The van der Waals surface area contributed by atoms with Gasteiger partial charge in [-0.3, -0.25) is 10.2 Å². The molecule has 108 valence electrons. The standard InChI is InChI=1S/C17H13N3OS/c21-16-15(13-9-5-2-6-10-13)22-17-19-14(11-18-20(16)17)12-7-3-1-4-8-12/h1-11,15,18H. The zero-order chi connectivity index (χ0) is 14.9. The highest BCUT2D eigenvalue weighted by Crippen LogP contribution is 2.40. The third kappa shape index (κ3) is 2.19. The number of carbonyl (C=O) groups is 1. The maximum Gasteiger partial charge on any atom is 0.265 e. The minimum absolute atomic E-state index is 0.0123. The molecule has 0 spiro atoms. The molecule has 0 aliphatic carbocycles. The number of thioether (sulfide) groups is 1. The number of aliphatic imine (C=N–C) groups is 1. The summed E-state index contributed by atoms with van der Waals surface area (Å²) in [5, 5.41) is 1.98. The Morgan fingerprint density at radius 2 is 1.68 bits per heavy atom. The molecule has 0 radical (unpaired) electrons. The fourth-order valence-electron chi connectivity index (χ4n) is 2.47. The maximum atomic E-state index is 12.5. The van der Waals surface area contributed by atoms with Gasteiger partial charge < -0.3 is 0 Å². The maximum absolute atomic E-state index is 12.5. The molecule has 2 aromatic carbocycles. The van der Waals surface area contributed by atoms with Crippen LogP contribution in [0.2, 0.25) is 0 Å². The van der Waals surface area contributed by atoms with Gasteiger partial charge in [0.2, 0.25) is 0 Å². The molecule has 2 heterocycles. The van der Waals surface area contributed by atoms with E-state index in [0.29, 0.717) is 5.17 Å². The van der Waals surface area contributed by atoms with E-state index in [2.05, 4.69) is 10.4 Å². The van der Waals surface area contributed by atoms with Crippen molar-refractivity contribution in [1.29, 1.82) is 0 Å². The van der Waals surface area contributed by atoms with E-state index in [4.69, 9.17) is 0 Å². The highest BCUT2D eigenvalue weighted by Gasteiger charge is 2.40. The normalized spacial score (nSPS) is 20.1. The van der Waals surface area contributed by atoms with E-state index < -0.39 is 0 Å². The average molecular weight is 307 g/mol. The first-order valence-electron chi connectivity index (χ1n) is 6.99. The van der Waals surface area contributed by atoms with Crippen LogP contribution in [0.15, 0.2) is 71.9 Å². The lowest BCUT2D eigenvalue weighted by Gasteiger charge is -2.20. The number of nitrogens with zero attached hydrogens (tertiary/aromatic N) is 2. The Kier molecular flexibility index (Phi) is 3.20. The third-order valence-electron chi connectivity index (χ3n) is 3.58. The lowest BCUT2D eigenvalue weighted by molar-refractivity contribution is -0.127. The largest absolute Gasteiger partial charge is 0.295 e. The molecule has 1 saturated heterocycles. The minimum atomic E-state index is -0.240. The van der Waals surface area contributed by atoms with Crippen LogP contribution in [0.1, 0.15) is 16.4 Å². The molecule has 0 saturated carbocycles. The number of hydrogen-bond acceptors (Lipinski definition) is 4. The van der Waals surface area contributed by atoms with Gasteiger partial charge in [0.1, 0.15) is 5.25 Å². The summed E-state index contributed by atoms with van der Waals surface area (Å²) in [7, 11) is 0. The van der Waals surface area contributed by atoms with Crippen molar-refractivity contribution in [2.45, 2.75) is 5.25 Å². The summed E-state index contributed by atoms with van der Waals surface area (Å²) in [5.74, 6) is 0.0123. The highest BCUT2D eigenvalue weighted by molar-refractivity contribution is 8.15. The van der Waals surface area contributed by atoms with Crippen molar-refractivity contribution in [3.63, 3.8) is 0 Å². The van der Waals surface area contributed by atoms with E-state index in [9.17, 15) is 4.79 Å². The molecule has 0 aromatic heterocycles. The molecule has 2 aliphatic heterocycles. The van der Waals surface area contributed by atoms with Crippen LogP contribution in [-0.4, -0.2) is 16.1 Å². The molecular weight excluding hydrogens is 294 g/mol. The van der Waals surface area contributed by atoms with Crippen LogP contribution in [0.3, 0.4) is 0 Å². The zero-order valence-electron chi connectivity index (χ0n) is 11.6. The van der Waals surface area contributed by atoms with Gasteiger partial charge in [-0.25, -0.2) is 4.99 Å². The van der Waals surface area contributed by atoms with Crippen LogP contribution in [0.4, 0.5) is 0 Å². The van der Waals surface area contributed by atoms with Gasteiger partial charge in [0.25, 0.3) is 5.91 Å². The Balaban J connectivity index is 1.64. The highest BCUT2D eigenvalue weighted by atomic mass is 32.2. The van der Waals surface area contributed by atoms with Gasteiger partial charge in [0, 0.05) is 11.8 Å². The van der Waals surface area contributed by atoms with Crippen molar-refractivity contribution < 1.29 is 4.79 Å². The first-order valence-corrected chi connectivity index (χ1v) is 7.87. The van der Waals surface area contributed by atoms with E-state index in [1.165, 1.54) is 16.8 Å². The Morgan fingerprint density at radius 3 is 2.41 bits per heavy atom. The number of amides is 1. The number of nitrogens with one attached hydrogen (secondary N) is 1. The summed E-state index contributed by atoms with van der Waals surface area (Å²) >= 11 is 1.48. The number of rotatable bonds is 2.